The Morgan fingerprint density at radius 1 is 1.26 bits per heavy atom. The van der Waals surface area contributed by atoms with E-state index >= 15 is 0 Å². The summed E-state index contributed by atoms with van der Waals surface area (Å²) in [6, 6.07) is 6.45. The molecule has 0 aliphatic heterocycles. The number of hydrogen-bond acceptors (Lipinski definition) is 7. The van der Waals surface area contributed by atoms with Crippen molar-refractivity contribution in [1.82, 2.24) is 15.6 Å². The van der Waals surface area contributed by atoms with Crippen molar-refractivity contribution < 1.29 is 23.1 Å². The summed E-state index contributed by atoms with van der Waals surface area (Å²) < 4.78 is 28.9. The number of benzene rings is 1. The maximum atomic E-state index is 12.5. The molecule has 1 aromatic carbocycles. The van der Waals surface area contributed by atoms with Crippen LogP contribution in [0.1, 0.15) is 50.0 Å². The quantitative estimate of drug-likeness (QED) is 0.486. The minimum atomic E-state index is -2.39. The van der Waals surface area contributed by atoms with Gasteiger partial charge in [0.05, 0.1) is 11.7 Å². The molecule has 31 heavy (non-hydrogen) atoms. The average Bonchev–Trinajstić information content (AvgIpc) is 3.15. The summed E-state index contributed by atoms with van der Waals surface area (Å²) in [5, 5.41) is 8.06. The first-order chi connectivity index (χ1) is 14.6. The molecule has 2 rings (SSSR count). The Labute approximate surface area is 188 Å². The third-order valence-corrected chi connectivity index (χ3v) is 5.36. The van der Waals surface area contributed by atoms with E-state index in [9.17, 15) is 18.4 Å². The second-order valence-electron chi connectivity index (χ2n) is 7.74. The van der Waals surface area contributed by atoms with Gasteiger partial charge in [0.15, 0.2) is 0 Å². The Morgan fingerprint density at radius 3 is 2.48 bits per heavy atom. The number of hydrogen-bond donors (Lipinski definition) is 3. The molecule has 11 heteroatoms. The molecule has 0 saturated carbocycles. The third kappa shape index (κ3) is 9.03. The SMILES string of the molecule is CCc1csc([C@H](Cc2ccc(NS(=O)[O-])cc2)NC(=O)CNC(=O)OC(C)(C)C)n1. The number of aromatic nitrogens is 1. The maximum absolute atomic E-state index is 12.5. The number of ether oxygens (including phenoxy) is 1. The zero-order valence-electron chi connectivity index (χ0n) is 17.9. The summed E-state index contributed by atoms with van der Waals surface area (Å²) in [7, 11) is 0. The van der Waals surface area contributed by atoms with Gasteiger partial charge in [0.2, 0.25) is 5.91 Å². The van der Waals surface area contributed by atoms with Crippen LogP contribution in [0, 0.1) is 0 Å². The van der Waals surface area contributed by atoms with Crippen LogP contribution in [0.5, 0.6) is 0 Å². The van der Waals surface area contributed by atoms with Crippen LogP contribution in [0.2, 0.25) is 0 Å². The predicted octanol–water partition coefficient (Wildman–Crippen LogP) is 2.84. The number of carbonyl (C=O) groups excluding carboxylic acids is 2. The van der Waals surface area contributed by atoms with Gasteiger partial charge in [0, 0.05) is 22.3 Å². The fraction of sp³-hybridized carbons (Fsp3) is 0.450. The largest absolute Gasteiger partial charge is 0.755 e. The lowest BCUT2D eigenvalue weighted by Crippen LogP contribution is -2.41. The van der Waals surface area contributed by atoms with Gasteiger partial charge >= 0.3 is 6.09 Å². The summed E-state index contributed by atoms with van der Waals surface area (Å²) in [4.78, 5) is 28.8. The van der Waals surface area contributed by atoms with Gasteiger partial charge in [-0.2, -0.15) is 0 Å². The highest BCUT2D eigenvalue weighted by molar-refractivity contribution is 7.80. The number of nitrogens with zero attached hydrogens (tertiary/aromatic N) is 1. The van der Waals surface area contributed by atoms with Crippen LogP contribution in [0.25, 0.3) is 0 Å². The van der Waals surface area contributed by atoms with Crippen LogP contribution < -0.4 is 15.4 Å². The van der Waals surface area contributed by atoms with Crippen LogP contribution in [-0.4, -0.2) is 37.9 Å². The first kappa shape index (κ1) is 24.8. The average molecular weight is 468 g/mol. The molecular weight excluding hydrogens is 440 g/mol. The van der Waals surface area contributed by atoms with Crippen molar-refractivity contribution in [1.29, 1.82) is 0 Å². The summed E-state index contributed by atoms with van der Waals surface area (Å²) in [5.41, 5.74) is 1.62. The van der Waals surface area contributed by atoms with Crippen molar-refractivity contribution in [3.8, 4) is 0 Å². The zero-order chi connectivity index (χ0) is 23.0. The minimum absolute atomic E-state index is 0.227. The van der Waals surface area contributed by atoms with Gasteiger partial charge in [0.1, 0.15) is 17.2 Å². The van der Waals surface area contributed by atoms with E-state index in [1.807, 2.05) is 12.3 Å². The van der Waals surface area contributed by atoms with Crippen molar-refractivity contribution in [2.24, 2.45) is 0 Å². The van der Waals surface area contributed by atoms with Crippen LogP contribution in [0.4, 0.5) is 10.5 Å². The number of thiazole rings is 1. The Hall–Kier alpha value is -2.50. The van der Waals surface area contributed by atoms with Crippen LogP contribution in [0.3, 0.4) is 0 Å². The molecule has 1 heterocycles. The molecule has 1 unspecified atom stereocenters. The molecule has 0 spiro atoms. The van der Waals surface area contributed by atoms with E-state index in [-0.39, 0.29) is 12.5 Å². The topological polar surface area (TPSA) is 132 Å². The fourth-order valence-corrected chi connectivity index (χ4v) is 3.88. The summed E-state index contributed by atoms with van der Waals surface area (Å²) in [5.74, 6) is -0.371. The van der Waals surface area contributed by atoms with E-state index in [2.05, 4.69) is 20.3 Å². The molecule has 3 N–H and O–H groups in total. The monoisotopic (exact) mass is 467 g/mol. The van der Waals surface area contributed by atoms with Crippen LogP contribution >= 0.6 is 11.3 Å². The van der Waals surface area contributed by atoms with E-state index in [0.29, 0.717) is 12.1 Å². The van der Waals surface area contributed by atoms with E-state index in [0.717, 1.165) is 22.7 Å². The predicted molar refractivity (Wildman–Crippen MR) is 119 cm³/mol. The van der Waals surface area contributed by atoms with Gasteiger partial charge in [-0.15, -0.1) is 11.3 Å². The Balaban J connectivity index is 2.06. The van der Waals surface area contributed by atoms with Crippen molar-refractivity contribution >= 4 is 40.3 Å². The number of rotatable bonds is 9. The van der Waals surface area contributed by atoms with E-state index in [1.54, 1.807) is 45.0 Å². The molecule has 0 saturated heterocycles. The maximum Gasteiger partial charge on any atom is 0.408 e. The highest BCUT2D eigenvalue weighted by Gasteiger charge is 2.21. The Bertz CT molecular complexity index is 909. The van der Waals surface area contributed by atoms with Crippen molar-refractivity contribution in [2.75, 3.05) is 11.3 Å². The van der Waals surface area contributed by atoms with Gasteiger partial charge < -0.3 is 24.6 Å². The smallest absolute Gasteiger partial charge is 0.408 e. The molecule has 2 amide bonds. The van der Waals surface area contributed by atoms with Gasteiger partial charge in [-0.05, 0) is 51.3 Å². The summed E-state index contributed by atoms with van der Waals surface area (Å²) in [6.07, 6.45) is 0.570. The van der Waals surface area contributed by atoms with Crippen molar-refractivity contribution in [2.45, 2.75) is 52.2 Å². The van der Waals surface area contributed by atoms with E-state index < -0.39 is 29.0 Å². The molecule has 0 radical (unpaired) electrons. The molecule has 9 nitrogen and oxygen atoms in total. The number of nitrogens with one attached hydrogen (secondary N) is 3. The molecule has 0 bridgehead atoms. The lowest BCUT2D eigenvalue weighted by Gasteiger charge is -2.20. The molecule has 170 valence electrons. The standard InChI is InChI=1S/C20H28N4O5S2/c1-5-14-12-30-18(22-14)16(10-13-6-8-15(9-7-13)24-31(27)28)23-17(25)11-21-19(26)29-20(2,3)4/h6-9,12,16,24H,5,10-11H2,1-4H3,(H,21,26)(H,23,25)(H,27,28)/p-1/t16-/m0/s1. The number of alkyl carbamates (subject to hydrolysis) is 1. The molecule has 0 aliphatic rings. The summed E-state index contributed by atoms with van der Waals surface area (Å²) in [6.45, 7) is 7.00. The highest BCUT2D eigenvalue weighted by atomic mass is 32.2. The molecule has 0 fully saturated rings. The first-order valence-corrected chi connectivity index (χ1v) is 11.7. The Morgan fingerprint density at radius 2 is 1.94 bits per heavy atom. The Kier molecular flexibility index (Phi) is 8.96. The van der Waals surface area contributed by atoms with Crippen molar-refractivity contribution in [3.63, 3.8) is 0 Å². The normalized spacial score (nSPS) is 13.2. The second kappa shape index (κ2) is 11.2. The highest BCUT2D eigenvalue weighted by Crippen LogP contribution is 2.23. The lowest BCUT2D eigenvalue weighted by atomic mass is 10.1. The fourth-order valence-electron chi connectivity index (χ4n) is 2.60. The second-order valence-corrected chi connectivity index (χ2v) is 9.31. The molecule has 0 aliphatic carbocycles. The number of anilines is 1. The zero-order valence-corrected chi connectivity index (χ0v) is 19.5. The van der Waals surface area contributed by atoms with Crippen LogP contribution in [-0.2, 0) is 33.6 Å². The summed E-state index contributed by atoms with van der Waals surface area (Å²) >= 11 is -0.937. The molecule has 2 aromatic rings. The van der Waals surface area contributed by atoms with Gasteiger partial charge in [-0.3, -0.25) is 9.00 Å². The van der Waals surface area contributed by atoms with Crippen LogP contribution in [0.15, 0.2) is 29.6 Å². The lowest BCUT2D eigenvalue weighted by molar-refractivity contribution is -0.121. The number of amides is 2. The molecule has 1 aromatic heterocycles. The minimum Gasteiger partial charge on any atom is -0.755 e. The third-order valence-electron chi connectivity index (χ3n) is 3.95. The van der Waals surface area contributed by atoms with Gasteiger partial charge in [-0.1, -0.05) is 19.1 Å². The van der Waals surface area contributed by atoms with E-state index in [1.165, 1.54) is 11.3 Å². The van der Waals surface area contributed by atoms with Gasteiger partial charge in [-0.25, -0.2) is 9.78 Å². The number of carbonyl (C=O) groups is 2. The number of aryl methyl sites for hydroxylation is 1. The van der Waals surface area contributed by atoms with Gasteiger partial charge in [0.25, 0.3) is 0 Å². The molecular formula is C20H27N4O5S2-. The van der Waals surface area contributed by atoms with Crippen molar-refractivity contribution in [3.05, 3.63) is 45.9 Å². The first-order valence-electron chi connectivity index (χ1n) is 9.71. The molecule has 2 atom stereocenters. The van der Waals surface area contributed by atoms with E-state index in [4.69, 9.17) is 4.74 Å².